The molecule has 3 heterocycles. The number of hydrogen-bond acceptors (Lipinski definition) is 5. The van der Waals surface area contributed by atoms with Crippen LogP contribution in [0.5, 0.6) is 0 Å². The zero-order chi connectivity index (χ0) is 17.6. The van der Waals surface area contributed by atoms with Crippen LogP contribution in [0.25, 0.3) is 33.2 Å². The summed E-state index contributed by atoms with van der Waals surface area (Å²) in [7, 11) is 2.08. The monoisotopic (exact) mass is 335 g/mol. The molecule has 0 atom stereocenters. The van der Waals surface area contributed by atoms with Crippen LogP contribution >= 0.6 is 0 Å². The summed E-state index contributed by atoms with van der Waals surface area (Å²) >= 11 is 0. The number of fused-ring (bicyclic) bond motifs is 3. The first kappa shape index (κ1) is 15.6. The molecule has 0 saturated heterocycles. The van der Waals surface area contributed by atoms with Gasteiger partial charge in [0.05, 0.1) is 23.3 Å². The van der Waals surface area contributed by atoms with Crippen LogP contribution in [-0.2, 0) is 6.54 Å². The fraction of sp³-hybridized carbons (Fsp3) is 0.278. The van der Waals surface area contributed by atoms with Crippen LogP contribution < -0.4 is 5.73 Å². The largest absolute Gasteiger partial charge is 0.382 e. The van der Waals surface area contributed by atoms with Crippen molar-refractivity contribution in [1.29, 1.82) is 0 Å². The van der Waals surface area contributed by atoms with Crippen molar-refractivity contribution in [1.82, 2.24) is 30.0 Å². The number of nitrogens with zero attached hydrogens (tertiary/aromatic N) is 4. The number of aromatic nitrogens is 5. The summed E-state index contributed by atoms with van der Waals surface area (Å²) < 4.78 is 0. The molecule has 25 heavy (non-hydrogen) atoms. The molecule has 0 aliphatic rings. The third-order valence-electron chi connectivity index (χ3n) is 4.58. The molecule has 0 fully saturated rings. The van der Waals surface area contributed by atoms with Gasteiger partial charge >= 0.3 is 0 Å². The van der Waals surface area contributed by atoms with E-state index in [-0.39, 0.29) is 0 Å². The first-order chi connectivity index (χ1) is 12.0. The van der Waals surface area contributed by atoms with Crippen molar-refractivity contribution in [2.75, 3.05) is 12.8 Å². The number of H-pyrrole nitrogens is 2. The van der Waals surface area contributed by atoms with Crippen molar-refractivity contribution in [3.63, 3.8) is 0 Å². The average molecular weight is 335 g/mol. The number of nitrogen functional groups attached to an aromatic ring is 1. The number of rotatable bonds is 4. The molecule has 7 nitrogen and oxygen atoms in total. The predicted octanol–water partition coefficient (Wildman–Crippen LogP) is 2.92. The fourth-order valence-electron chi connectivity index (χ4n) is 2.89. The van der Waals surface area contributed by atoms with Crippen molar-refractivity contribution < 1.29 is 0 Å². The lowest BCUT2D eigenvalue weighted by atomic mass is 10.1. The zero-order valence-corrected chi connectivity index (χ0v) is 14.5. The van der Waals surface area contributed by atoms with Crippen LogP contribution in [0.15, 0.2) is 30.5 Å². The molecule has 4 N–H and O–H groups in total. The molecule has 3 aromatic heterocycles. The van der Waals surface area contributed by atoms with Gasteiger partial charge in [-0.25, -0.2) is 9.97 Å². The maximum atomic E-state index is 6.17. The van der Waals surface area contributed by atoms with Gasteiger partial charge in [0.25, 0.3) is 0 Å². The molecule has 0 amide bonds. The topological polar surface area (TPSA) is 99.5 Å². The molecular weight excluding hydrogens is 314 g/mol. The van der Waals surface area contributed by atoms with Gasteiger partial charge in [0.15, 0.2) is 5.82 Å². The summed E-state index contributed by atoms with van der Waals surface area (Å²) in [5, 5.41) is 8.06. The van der Waals surface area contributed by atoms with Crippen molar-refractivity contribution in [3.8, 4) is 11.3 Å². The molecule has 0 saturated carbocycles. The Morgan fingerprint density at radius 3 is 2.76 bits per heavy atom. The minimum Gasteiger partial charge on any atom is -0.382 e. The van der Waals surface area contributed by atoms with Crippen molar-refractivity contribution in [2.45, 2.75) is 26.4 Å². The van der Waals surface area contributed by atoms with Crippen LogP contribution in [0, 0.1) is 0 Å². The van der Waals surface area contributed by atoms with E-state index in [0.717, 1.165) is 45.6 Å². The van der Waals surface area contributed by atoms with Gasteiger partial charge in [-0.05, 0) is 39.1 Å². The van der Waals surface area contributed by atoms with Crippen molar-refractivity contribution >= 4 is 27.8 Å². The number of aromatic amines is 2. The highest BCUT2D eigenvalue weighted by molar-refractivity contribution is 6.06. The van der Waals surface area contributed by atoms with E-state index in [1.807, 2.05) is 24.3 Å². The van der Waals surface area contributed by atoms with E-state index in [0.29, 0.717) is 11.9 Å². The predicted molar refractivity (Wildman–Crippen MR) is 100.0 cm³/mol. The minimum absolute atomic E-state index is 0.441. The first-order valence-electron chi connectivity index (χ1n) is 8.31. The Hall–Kier alpha value is -2.93. The maximum absolute atomic E-state index is 6.17. The first-order valence-corrected chi connectivity index (χ1v) is 8.31. The van der Waals surface area contributed by atoms with Gasteiger partial charge in [0, 0.05) is 23.2 Å². The molecule has 7 heteroatoms. The van der Waals surface area contributed by atoms with Gasteiger partial charge in [-0.15, -0.1) is 0 Å². The van der Waals surface area contributed by atoms with Crippen molar-refractivity contribution in [2.24, 2.45) is 0 Å². The number of anilines is 1. The number of imidazole rings is 1. The number of benzene rings is 1. The molecule has 0 bridgehead atoms. The third-order valence-corrected chi connectivity index (χ3v) is 4.58. The summed E-state index contributed by atoms with van der Waals surface area (Å²) in [6.07, 6.45) is 1.80. The summed E-state index contributed by atoms with van der Waals surface area (Å²) in [5.41, 5.74) is 10.5. The van der Waals surface area contributed by atoms with E-state index >= 15 is 0 Å². The van der Waals surface area contributed by atoms with Gasteiger partial charge in [-0.1, -0.05) is 6.07 Å². The van der Waals surface area contributed by atoms with Crippen LogP contribution in [0.4, 0.5) is 5.82 Å². The molecule has 0 unspecified atom stereocenters. The maximum Gasteiger partial charge on any atom is 0.152 e. The highest BCUT2D eigenvalue weighted by Crippen LogP contribution is 2.29. The second-order valence-corrected chi connectivity index (χ2v) is 6.60. The smallest absolute Gasteiger partial charge is 0.152 e. The molecular formula is C18H21N7. The van der Waals surface area contributed by atoms with Crippen LogP contribution in [0.3, 0.4) is 0 Å². The quantitative estimate of drug-likeness (QED) is 0.532. The van der Waals surface area contributed by atoms with E-state index in [2.05, 4.69) is 50.9 Å². The van der Waals surface area contributed by atoms with Crippen LogP contribution in [0.2, 0.25) is 0 Å². The Bertz CT molecular complexity index is 1030. The van der Waals surface area contributed by atoms with Gasteiger partial charge in [0.1, 0.15) is 11.3 Å². The lowest BCUT2D eigenvalue weighted by Crippen LogP contribution is -2.26. The van der Waals surface area contributed by atoms with E-state index in [9.17, 15) is 0 Å². The second-order valence-electron chi connectivity index (χ2n) is 6.60. The molecule has 128 valence electrons. The lowest BCUT2D eigenvalue weighted by Gasteiger charge is -2.19. The normalized spacial score (nSPS) is 12.0. The number of nitrogens with one attached hydrogen (secondary N) is 2. The van der Waals surface area contributed by atoms with Gasteiger partial charge in [0.2, 0.25) is 0 Å². The number of hydrogen-bond donors (Lipinski definition) is 3. The summed E-state index contributed by atoms with van der Waals surface area (Å²) in [6, 6.07) is 8.46. The molecule has 4 rings (SSSR count). The third kappa shape index (κ3) is 2.72. The Labute approximate surface area is 145 Å². The van der Waals surface area contributed by atoms with Crippen LogP contribution in [-0.4, -0.2) is 43.1 Å². The minimum atomic E-state index is 0.441. The summed E-state index contributed by atoms with van der Waals surface area (Å²) in [6.45, 7) is 5.05. The molecule has 4 aromatic rings. The van der Waals surface area contributed by atoms with E-state index < -0.39 is 0 Å². The summed E-state index contributed by atoms with van der Waals surface area (Å²) in [5.74, 6) is 1.33. The molecule has 0 radical (unpaired) electrons. The fourth-order valence-corrected chi connectivity index (χ4v) is 2.89. The lowest BCUT2D eigenvalue weighted by molar-refractivity contribution is 0.260. The Balaban J connectivity index is 1.84. The Morgan fingerprint density at radius 1 is 1.20 bits per heavy atom. The van der Waals surface area contributed by atoms with E-state index in [1.165, 1.54) is 0 Å². The number of pyridine rings is 1. The highest BCUT2D eigenvalue weighted by atomic mass is 15.1. The molecule has 0 aliphatic carbocycles. The van der Waals surface area contributed by atoms with Gasteiger partial charge < -0.3 is 10.7 Å². The van der Waals surface area contributed by atoms with E-state index in [4.69, 9.17) is 5.73 Å². The van der Waals surface area contributed by atoms with Crippen LogP contribution in [0.1, 0.15) is 19.7 Å². The highest BCUT2D eigenvalue weighted by Gasteiger charge is 2.14. The molecule has 1 aromatic carbocycles. The summed E-state index contributed by atoms with van der Waals surface area (Å²) in [4.78, 5) is 14.8. The molecule has 0 aliphatic heterocycles. The van der Waals surface area contributed by atoms with Gasteiger partial charge in [-0.2, -0.15) is 5.10 Å². The van der Waals surface area contributed by atoms with Gasteiger partial charge in [-0.3, -0.25) is 10.00 Å². The van der Waals surface area contributed by atoms with Crippen molar-refractivity contribution in [3.05, 3.63) is 36.3 Å². The second kappa shape index (κ2) is 5.86. The number of nitrogens with two attached hydrogens (primary N) is 1. The Morgan fingerprint density at radius 2 is 2.04 bits per heavy atom. The average Bonchev–Trinajstić information content (AvgIpc) is 3.24. The standard InChI is InChI=1S/C18H21N7/c1-10(2)25(3)9-15-22-16-12-5-4-11(13-6-7-20-24-13)8-14(12)21-18(19)17(16)23-15/h4-8,10H,9H2,1-3H3,(H2,19,21)(H,20,24)(H,22,23). The SMILES string of the molecule is CC(C)N(C)Cc1nc2c(N)nc3cc(-c4cc[nH]n4)ccc3c2[nH]1. The molecule has 0 spiro atoms. The van der Waals surface area contributed by atoms with E-state index in [1.54, 1.807) is 6.20 Å². The zero-order valence-electron chi connectivity index (χ0n) is 14.5. The Kier molecular flexibility index (Phi) is 3.65.